The minimum absolute atomic E-state index is 0.0618. The minimum Gasteiger partial charge on any atom is -0.479 e. The summed E-state index contributed by atoms with van der Waals surface area (Å²) in [4.78, 5) is 12.5. The van der Waals surface area contributed by atoms with E-state index in [0.29, 0.717) is 22.2 Å². The van der Waals surface area contributed by atoms with Crippen LogP contribution in [0.5, 0.6) is 5.75 Å². The molecule has 6 nitrogen and oxygen atoms in total. The molecule has 1 N–H and O–H groups in total. The van der Waals surface area contributed by atoms with Crippen molar-refractivity contribution < 1.29 is 19.4 Å². The molecule has 0 radical (unpaired) electrons. The molecule has 0 aliphatic rings. The van der Waals surface area contributed by atoms with Crippen molar-refractivity contribution in [3.63, 3.8) is 0 Å². The molecule has 25 heavy (non-hydrogen) atoms. The van der Waals surface area contributed by atoms with Gasteiger partial charge in [-0.05, 0) is 24.3 Å². The second kappa shape index (κ2) is 6.96. The number of nitrogens with zero attached hydrogens (tertiary/aromatic N) is 2. The highest BCUT2D eigenvalue weighted by atomic mass is 16.5. The average Bonchev–Trinajstić information content (AvgIpc) is 2.98. The molecule has 3 aromatic rings. The van der Waals surface area contributed by atoms with Gasteiger partial charge in [0.1, 0.15) is 24.5 Å². The lowest BCUT2D eigenvalue weighted by molar-refractivity contribution is 0.0362. The Morgan fingerprint density at radius 2 is 2.16 bits per heavy atom. The normalized spacial score (nSPS) is 11.6. The molecule has 0 saturated heterocycles. The van der Waals surface area contributed by atoms with Gasteiger partial charge in [-0.3, -0.25) is 0 Å². The molecule has 0 amide bonds. The summed E-state index contributed by atoms with van der Waals surface area (Å²) in [6, 6.07) is 12.5. The van der Waals surface area contributed by atoms with Crippen LogP contribution in [0.2, 0.25) is 0 Å². The molecule has 0 fully saturated rings. The first kappa shape index (κ1) is 16.4. The van der Waals surface area contributed by atoms with Crippen molar-refractivity contribution in [2.24, 2.45) is 0 Å². The first-order chi connectivity index (χ1) is 12.2. The number of aliphatic hydroxyl groups excluding tert-OH is 1. The summed E-state index contributed by atoms with van der Waals surface area (Å²) >= 11 is 0. The fourth-order valence-corrected chi connectivity index (χ4v) is 2.61. The van der Waals surface area contributed by atoms with Crippen molar-refractivity contribution in [1.82, 2.24) is 4.40 Å². The number of hydrogen-bond donors (Lipinski definition) is 1. The number of carbonyl (C=O) groups excluding carboxylic acids is 1. The Balaban J connectivity index is 2.09. The van der Waals surface area contributed by atoms with Crippen LogP contribution in [-0.2, 0) is 4.74 Å². The lowest BCUT2D eigenvalue weighted by Gasteiger charge is -2.06. The van der Waals surface area contributed by atoms with Gasteiger partial charge in [0, 0.05) is 17.6 Å². The smallest absolute Gasteiger partial charge is 0.341 e. The summed E-state index contributed by atoms with van der Waals surface area (Å²) in [5, 5.41) is 18.7. The number of carbonyl (C=O) groups is 1. The zero-order chi connectivity index (χ0) is 17.8. The van der Waals surface area contributed by atoms with E-state index >= 15 is 0 Å². The summed E-state index contributed by atoms with van der Waals surface area (Å²) in [5.41, 5.74) is 1.79. The third kappa shape index (κ3) is 3.12. The molecule has 0 bridgehead atoms. The van der Waals surface area contributed by atoms with Crippen LogP contribution in [0.4, 0.5) is 0 Å². The predicted octanol–water partition coefficient (Wildman–Crippen LogP) is 2.15. The van der Waals surface area contributed by atoms with Crippen LogP contribution in [0.25, 0.3) is 16.4 Å². The largest absolute Gasteiger partial charge is 0.479 e. The Hall–Kier alpha value is -3.48. The van der Waals surface area contributed by atoms with Crippen LogP contribution < -0.4 is 4.74 Å². The number of fused-ring (bicyclic) bond motifs is 3. The molecule has 1 aromatic carbocycles. The first-order valence-corrected chi connectivity index (χ1v) is 7.49. The zero-order valence-corrected chi connectivity index (χ0v) is 13.2. The van der Waals surface area contributed by atoms with Gasteiger partial charge in [0.15, 0.2) is 6.61 Å². The van der Waals surface area contributed by atoms with E-state index < -0.39 is 12.1 Å². The molecule has 0 saturated carbocycles. The highest BCUT2D eigenvalue weighted by Gasteiger charge is 2.20. The molecular weight excluding hydrogens is 320 g/mol. The van der Waals surface area contributed by atoms with Gasteiger partial charge in [-0.1, -0.05) is 12.0 Å². The Kier molecular flexibility index (Phi) is 4.56. The third-order valence-electron chi connectivity index (χ3n) is 3.69. The van der Waals surface area contributed by atoms with Gasteiger partial charge >= 0.3 is 5.97 Å². The summed E-state index contributed by atoms with van der Waals surface area (Å²) in [6.07, 6.45) is 5.76. The third-order valence-corrected chi connectivity index (χ3v) is 3.69. The lowest BCUT2D eigenvalue weighted by atomic mass is 10.1. The summed E-state index contributed by atoms with van der Waals surface area (Å²) in [7, 11) is 0. The average molecular weight is 334 g/mol. The molecule has 0 aliphatic carbocycles. The zero-order valence-electron chi connectivity index (χ0n) is 13.2. The van der Waals surface area contributed by atoms with Crippen LogP contribution in [-0.4, -0.2) is 34.8 Å². The molecule has 2 heterocycles. The van der Waals surface area contributed by atoms with E-state index in [9.17, 15) is 9.90 Å². The summed E-state index contributed by atoms with van der Waals surface area (Å²) < 4.78 is 12.3. The van der Waals surface area contributed by atoms with Crippen molar-refractivity contribution in [3.05, 3.63) is 48.2 Å². The fourth-order valence-electron chi connectivity index (χ4n) is 2.61. The predicted molar refractivity (Wildman–Crippen MR) is 91.1 cm³/mol. The number of aliphatic hydroxyl groups is 1. The van der Waals surface area contributed by atoms with E-state index in [4.69, 9.17) is 21.2 Å². The van der Waals surface area contributed by atoms with Crippen LogP contribution in [0.3, 0.4) is 0 Å². The van der Waals surface area contributed by atoms with E-state index in [-0.39, 0.29) is 13.2 Å². The lowest BCUT2D eigenvalue weighted by Crippen LogP contribution is -2.16. The van der Waals surface area contributed by atoms with Gasteiger partial charge in [0.05, 0.1) is 16.6 Å². The highest BCUT2D eigenvalue weighted by molar-refractivity contribution is 6.11. The second-order valence-electron chi connectivity index (χ2n) is 5.24. The maximum absolute atomic E-state index is 12.5. The molecule has 0 spiro atoms. The number of esters is 1. The number of nitriles is 1. The maximum Gasteiger partial charge on any atom is 0.341 e. The fraction of sp³-hybridized carbons (Fsp3) is 0.158. The summed E-state index contributed by atoms with van der Waals surface area (Å²) in [5.74, 6) is 2.05. The Morgan fingerprint density at radius 3 is 2.92 bits per heavy atom. The van der Waals surface area contributed by atoms with Crippen LogP contribution >= 0.6 is 0 Å². The number of hydrogen-bond acceptors (Lipinski definition) is 5. The van der Waals surface area contributed by atoms with E-state index in [1.165, 1.54) is 0 Å². The van der Waals surface area contributed by atoms with Crippen molar-refractivity contribution in [3.8, 4) is 24.2 Å². The van der Waals surface area contributed by atoms with E-state index in [2.05, 4.69) is 5.92 Å². The van der Waals surface area contributed by atoms with E-state index in [1.54, 1.807) is 24.3 Å². The monoisotopic (exact) mass is 334 g/mol. The number of aromatic nitrogens is 1. The topological polar surface area (TPSA) is 84.0 Å². The van der Waals surface area contributed by atoms with Gasteiger partial charge in [-0.2, -0.15) is 5.26 Å². The molecule has 1 unspecified atom stereocenters. The SMILES string of the molecule is C#CC(O)COC(=O)c1c2ccc(OCC#N)cc2n2ccccc12. The second-order valence-corrected chi connectivity index (χ2v) is 5.24. The molecule has 6 heteroatoms. The van der Waals surface area contributed by atoms with Crippen LogP contribution in [0.15, 0.2) is 42.6 Å². The first-order valence-electron chi connectivity index (χ1n) is 7.49. The number of benzene rings is 1. The Labute approximate surface area is 143 Å². The Morgan fingerprint density at radius 1 is 1.32 bits per heavy atom. The highest BCUT2D eigenvalue weighted by Crippen LogP contribution is 2.30. The number of rotatable bonds is 5. The number of terminal acetylenes is 1. The van der Waals surface area contributed by atoms with Crippen molar-refractivity contribution in [1.29, 1.82) is 5.26 Å². The van der Waals surface area contributed by atoms with Crippen LogP contribution in [0, 0.1) is 23.7 Å². The molecule has 3 rings (SSSR count). The van der Waals surface area contributed by atoms with Crippen molar-refractivity contribution >= 4 is 22.4 Å². The standard InChI is InChI=1S/C19H14N2O4/c1-2-13(22)12-25-19(23)18-15-7-6-14(24-10-8-20)11-17(15)21-9-4-3-5-16(18)21/h1,3-7,9,11,13,22H,10,12H2. The molecule has 1 atom stereocenters. The van der Waals surface area contributed by atoms with Gasteiger partial charge < -0.3 is 19.0 Å². The Bertz CT molecular complexity index is 1020. The maximum atomic E-state index is 12.5. The molecule has 124 valence electrons. The number of ether oxygens (including phenoxy) is 2. The molecule has 0 aliphatic heterocycles. The quantitative estimate of drug-likeness (QED) is 0.571. The van der Waals surface area contributed by atoms with E-state index in [0.717, 1.165) is 5.52 Å². The van der Waals surface area contributed by atoms with Gasteiger partial charge in [-0.25, -0.2) is 4.79 Å². The van der Waals surface area contributed by atoms with Gasteiger partial charge in [0.25, 0.3) is 0 Å². The van der Waals surface area contributed by atoms with Crippen molar-refractivity contribution in [2.75, 3.05) is 13.2 Å². The molecular formula is C19H14N2O4. The van der Waals surface area contributed by atoms with E-state index in [1.807, 2.05) is 28.8 Å². The molecule has 2 aromatic heterocycles. The van der Waals surface area contributed by atoms with Crippen molar-refractivity contribution in [2.45, 2.75) is 6.10 Å². The van der Waals surface area contributed by atoms with Gasteiger partial charge in [0.2, 0.25) is 0 Å². The van der Waals surface area contributed by atoms with Gasteiger partial charge in [-0.15, -0.1) is 6.42 Å². The number of pyridine rings is 1. The van der Waals surface area contributed by atoms with Crippen LogP contribution in [0.1, 0.15) is 10.4 Å². The minimum atomic E-state index is -1.14. The summed E-state index contributed by atoms with van der Waals surface area (Å²) in [6.45, 7) is -0.335.